The van der Waals surface area contributed by atoms with Gasteiger partial charge in [0.1, 0.15) is 5.69 Å². The number of anilines is 1. The highest BCUT2D eigenvalue weighted by atomic mass is 35.5. The van der Waals surface area contributed by atoms with E-state index in [1.54, 1.807) is 25.4 Å². The topological polar surface area (TPSA) is 63.1 Å². The molecule has 1 atom stereocenters. The first kappa shape index (κ1) is 14.7. The zero-order chi connectivity index (χ0) is 12.3. The number of rotatable bonds is 2. The largest absolute Gasteiger partial charge is 0.321 e. The van der Waals surface area contributed by atoms with Crippen molar-refractivity contribution in [2.45, 2.75) is 12.8 Å². The molecule has 1 unspecified atom stereocenters. The molecule has 0 spiro atoms. The third-order valence-corrected chi connectivity index (χ3v) is 3.05. The summed E-state index contributed by atoms with van der Waals surface area (Å²) in [7, 11) is 1.67. The van der Waals surface area contributed by atoms with E-state index in [4.69, 9.17) is 0 Å². The second kappa shape index (κ2) is 6.56. The van der Waals surface area contributed by atoms with Crippen LogP contribution in [0.4, 0.5) is 5.69 Å². The standard InChI is InChI=1S/C12H17N3O2.ClH/c1-15-7-3-5-10(12(15)17)14-11(16)9-4-2-6-13-8-9;/h3,5,7,9,13H,2,4,6,8H2,1H3,(H,14,16);1H. The van der Waals surface area contributed by atoms with E-state index in [0.29, 0.717) is 12.2 Å². The van der Waals surface area contributed by atoms with Crippen LogP contribution in [0.5, 0.6) is 0 Å². The molecule has 1 amide bonds. The Kier molecular flexibility index (Phi) is 5.37. The monoisotopic (exact) mass is 271 g/mol. The number of piperidine rings is 1. The van der Waals surface area contributed by atoms with Crippen molar-refractivity contribution in [3.63, 3.8) is 0 Å². The number of carbonyl (C=O) groups excluding carboxylic acids is 1. The number of aryl methyl sites for hydroxylation is 1. The zero-order valence-corrected chi connectivity index (χ0v) is 11.1. The summed E-state index contributed by atoms with van der Waals surface area (Å²) in [6.45, 7) is 1.66. The van der Waals surface area contributed by atoms with Gasteiger partial charge in [0, 0.05) is 19.8 Å². The van der Waals surface area contributed by atoms with Crippen LogP contribution in [0.2, 0.25) is 0 Å². The maximum Gasteiger partial charge on any atom is 0.274 e. The summed E-state index contributed by atoms with van der Waals surface area (Å²) in [4.78, 5) is 23.7. The van der Waals surface area contributed by atoms with Crippen LogP contribution in [-0.2, 0) is 11.8 Å². The van der Waals surface area contributed by atoms with Gasteiger partial charge in [-0.15, -0.1) is 12.4 Å². The molecule has 1 saturated heterocycles. The molecule has 0 aliphatic carbocycles. The van der Waals surface area contributed by atoms with E-state index in [1.807, 2.05) is 0 Å². The number of hydrogen-bond donors (Lipinski definition) is 2. The number of amides is 1. The molecule has 1 aliphatic rings. The molecule has 1 fully saturated rings. The lowest BCUT2D eigenvalue weighted by atomic mass is 9.99. The molecule has 18 heavy (non-hydrogen) atoms. The van der Waals surface area contributed by atoms with Crippen LogP contribution in [0, 0.1) is 5.92 Å². The van der Waals surface area contributed by atoms with E-state index in [0.717, 1.165) is 19.4 Å². The fourth-order valence-electron chi connectivity index (χ4n) is 2.00. The van der Waals surface area contributed by atoms with Crippen molar-refractivity contribution in [2.75, 3.05) is 18.4 Å². The van der Waals surface area contributed by atoms with Gasteiger partial charge in [-0.25, -0.2) is 0 Å². The molecule has 2 heterocycles. The van der Waals surface area contributed by atoms with E-state index in [1.165, 1.54) is 4.57 Å². The van der Waals surface area contributed by atoms with Crippen LogP contribution in [0.25, 0.3) is 0 Å². The second-order valence-corrected chi connectivity index (χ2v) is 4.37. The van der Waals surface area contributed by atoms with Crippen LogP contribution >= 0.6 is 12.4 Å². The Balaban J connectivity index is 0.00000162. The lowest BCUT2D eigenvalue weighted by molar-refractivity contribution is -0.120. The fourth-order valence-corrected chi connectivity index (χ4v) is 2.00. The quantitative estimate of drug-likeness (QED) is 0.834. The molecule has 2 N–H and O–H groups in total. The number of halogens is 1. The summed E-state index contributed by atoms with van der Waals surface area (Å²) in [5, 5.41) is 5.89. The molecule has 0 saturated carbocycles. The lowest BCUT2D eigenvalue weighted by Gasteiger charge is -2.21. The number of nitrogens with zero attached hydrogens (tertiary/aromatic N) is 1. The Bertz CT molecular complexity index is 467. The van der Waals surface area contributed by atoms with Gasteiger partial charge in [0.15, 0.2) is 0 Å². The summed E-state index contributed by atoms with van der Waals surface area (Å²) in [6, 6.07) is 3.38. The Hall–Kier alpha value is -1.33. The molecule has 0 bridgehead atoms. The minimum Gasteiger partial charge on any atom is -0.321 e. The van der Waals surface area contributed by atoms with Crippen LogP contribution < -0.4 is 16.2 Å². The van der Waals surface area contributed by atoms with Gasteiger partial charge < -0.3 is 15.2 Å². The van der Waals surface area contributed by atoms with Gasteiger partial charge in [-0.2, -0.15) is 0 Å². The molecule has 0 radical (unpaired) electrons. The van der Waals surface area contributed by atoms with E-state index >= 15 is 0 Å². The van der Waals surface area contributed by atoms with Crippen molar-refractivity contribution >= 4 is 24.0 Å². The normalized spacial score (nSPS) is 18.8. The Morgan fingerprint density at radius 1 is 1.56 bits per heavy atom. The van der Waals surface area contributed by atoms with Crippen molar-refractivity contribution in [3.8, 4) is 0 Å². The van der Waals surface area contributed by atoms with Crippen molar-refractivity contribution in [2.24, 2.45) is 13.0 Å². The van der Waals surface area contributed by atoms with Crippen LogP contribution in [0.1, 0.15) is 12.8 Å². The maximum absolute atomic E-state index is 11.9. The smallest absolute Gasteiger partial charge is 0.274 e. The van der Waals surface area contributed by atoms with Crippen molar-refractivity contribution < 1.29 is 4.79 Å². The summed E-state index contributed by atoms with van der Waals surface area (Å²) in [5.74, 6) is -0.103. The maximum atomic E-state index is 11.9. The first-order chi connectivity index (χ1) is 8.18. The average molecular weight is 272 g/mol. The lowest BCUT2D eigenvalue weighted by Crippen LogP contribution is -2.38. The van der Waals surface area contributed by atoms with E-state index < -0.39 is 0 Å². The molecule has 100 valence electrons. The van der Waals surface area contributed by atoms with Gasteiger partial charge >= 0.3 is 0 Å². The highest BCUT2D eigenvalue weighted by Crippen LogP contribution is 2.12. The van der Waals surface area contributed by atoms with Gasteiger partial charge in [0.05, 0.1) is 5.92 Å². The minimum absolute atomic E-state index is 0. The number of pyridine rings is 1. The first-order valence-corrected chi connectivity index (χ1v) is 5.85. The highest BCUT2D eigenvalue weighted by Gasteiger charge is 2.21. The van der Waals surface area contributed by atoms with Crippen LogP contribution in [0.3, 0.4) is 0 Å². The molecule has 1 aliphatic heterocycles. The van der Waals surface area contributed by atoms with E-state index in [2.05, 4.69) is 10.6 Å². The predicted octanol–water partition coefficient (Wildman–Crippen LogP) is 0.745. The molecule has 2 rings (SSSR count). The minimum atomic E-state index is -0.176. The summed E-state index contributed by atoms with van der Waals surface area (Å²) < 4.78 is 1.45. The van der Waals surface area contributed by atoms with Gasteiger partial charge in [0.2, 0.25) is 5.91 Å². The van der Waals surface area contributed by atoms with Gasteiger partial charge in [0.25, 0.3) is 5.56 Å². The van der Waals surface area contributed by atoms with Crippen molar-refractivity contribution in [1.29, 1.82) is 0 Å². The van der Waals surface area contributed by atoms with Crippen molar-refractivity contribution in [3.05, 3.63) is 28.7 Å². The van der Waals surface area contributed by atoms with Gasteiger partial charge in [-0.05, 0) is 31.5 Å². The molecule has 6 heteroatoms. The molecule has 5 nitrogen and oxygen atoms in total. The predicted molar refractivity (Wildman–Crippen MR) is 73.2 cm³/mol. The molecular weight excluding hydrogens is 254 g/mol. The number of carbonyl (C=O) groups is 1. The fraction of sp³-hybridized carbons (Fsp3) is 0.500. The number of hydrogen-bond acceptors (Lipinski definition) is 3. The molecular formula is C12H18ClN3O2. The summed E-state index contributed by atoms with van der Waals surface area (Å²) in [5.41, 5.74) is 0.176. The van der Waals surface area contributed by atoms with Crippen LogP contribution in [-0.4, -0.2) is 23.6 Å². The summed E-state index contributed by atoms with van der Waals surface area (Å²) in [6.07, 6.45) is 3.55. The zero-order valence-electron chi connectivity index (χ0n) is 10.3. The van der Waals surface area contributed by atoms with E-state index in [-0.39, 0.29) is 29.8 Å². The average Bonchev–Trinajstić information content (AvgIpc) is 2.36. The number of aromatic nitrogens is 1. The van der Waals surface area contributed by atoms with Gasteiger partial charge in [-0.3, -0.25) is 9.59 Å². The Labute approximate surface area is 112 Å². The van der Waals surface area contributed by atoms with Gasteiger partial charge in [-0.1, -0.05) is 0 Å². The number of nitrogens with one attached hydrogen (secondary N) is 2. The molecule has 0 aromatic carbocycles. The van der Waals surface area contributed by atoms with Crippen LogP contribution in [0.15, 0.2) is 23.1 Å². The first-order valence-electron chi connectivity index (χ1n) is 5.85. The molecule has 1 aromatic rings. The van der Waals surface area contributed by atoms with Crippen molar-refractivity contribution in [1.82, 2.24) is 9.88 Å². The third kappa shape index (κ3) is 3.34. The molecule has 1 aromatic heterocycles. The van der Waals surface area contributed by atoms with E-state index in [9.17, 15) is 9.59 Å². The highest BCUT2D eigenvalue weighted by molar-refractivity contribution is 5.92. The third-order valence-electron chi connectivity index (χ3n) is 3.05. The summed E-state index contributed by atoms with van der Waals surface area (Å²) >= 11 is 0. The second-order valence-electron chi connectivity index (χ2n) is 4.37. The Morgan fingerprint density at radius 2 is 2.33 bits per heavy atom. The Morgan fingerprint density at radius 3 is 3.00 bits per heavy atom. The SMILES string of the molecule is Cl.Cn1cccc(NC(=O)C2CCCNC2)c1=O.